The lowest BCUT2D eigenvalue weighted by atomic mass is 10.1. The van der Waals surface area contributed by atoms with Gasteiger partial charge in [0.2, 0.25) is 5.91 Å². The average molecular weight is 303 g/mol. The number of benzene rings is 2. The normalized spacial score (nSPS) is 9.67. The van der Waals surface area contributed by atoms with Gasteiger partial charge in [-0.3, -0.25) is 9.52 Å². The van der Waals surface area contributed by atoms with E-state index in [1.54, 1.807) is 0 Å². The molecular weight excluding hydrogens is 282 g/mol. The van der Waals surface area contributed by atoms with E-state index in [1.165, 1.54) is 24.3 Å². The van der Waals surface area contributed by atoms with Crippen LogP contribution in [0.25, 0.3) is 10.8 Å². The third-order valence-corrected chi connectivity index (χ3v) is 3.53. The summed E-state index contributed by atoms with van der Waals surface area (Å²) in [6.45, 7) is 5.49. The van der Waals surface area contributed by atoms with E-state index in [9.17, 15) is 9.59 Å². The molecule has 0 aromatic heterocycles. The number of ketones is 1. The zero-order chi connectivity index (χ0) is 15.7. The SMILES string of the molecule is CC.CC(=O)CCC(=O)NSc1ccc2ccccc2c1. The van der Waals surface area contributed by atoms with Gasteiger partial charge in [0, 0.05) is 17.7 Å². The molecule has 0 bridgehead atoms. The van der Waals surface area contributed by atoms with Crippen LogP contribution in [0.2, 0.25) is 0 Å². The number of rotatable bonds is 5. The maximum atomic E-state index is 11.5. The second-order valence-corrected chi connectivity index (χ2v) is 5.22. The van der Waals surface area contributed by atoms with Crippen LogP contribution in [0.15, 0.2) is 47.4 Å². The molecule has 3 nitrogen and oxygen atoms in total. The van der Waals surface area contributed by atoms with Gasteiger partial charge in [0.05, 0.1) is 0 Å². The van der Waals surface area contributed by atoms with Gasteiger partial charge in [-0.2, -0.15) is 0 Å². The number of carbonyl (C=O) groups is 2. The summed E-state index contributed by atoms with van der Waals surface area (Å²) in [5, 5.41) is 2.32. The highest BCUT2D eigenvalue weighted by Gasteiger charge is 2.04. The van der Waals surface area contributed by atoms with Gasteiger partial charge >= 0.3 is 0 Å². The molecule has 0 aliphatic rings. The lowest BCUT2D eigenvalue weighted by Gasteiger charge is -2.05. The number of carbonyl (C=O) groups excluding carboxylic acids is 2. The predicted octanol–water partition coefficient (Wildman–Crippen LogP) is 4.36. The van der Waals surface area contributed by atoms with Gasteiger partial charge in [-0.15, -0.1) is 0 Å². The number of amides is 1. The number of nitrogens with one attached hydrogen (secondary N) is 1. The third kappa shape index (κ3) is 6.00. The van der Waals surface area contributed by atoms with Gasteiger partial charge in [-0.1, -0.05) is 44.2 Å². The summed E-state index contributed by atoms with van der Waals surface area (Å²) >= 11 is 1.28. The summed E-state index contributed by atoms with van der Waals surface area (Å²) in [5.41, 5.74) is 0. The molecule has 0 spiro atoms. The largest absolute Gasteiger partial charge is 0.300 e. The fourth-order valence-electron chi connectivity index (χ4n) is 1.69. The molecule has 4 heteroatoms. The summed E-state index contributed by atoms with van der Waals surface area (Å²) in [5.74, 6) is -0.0841. The summed E-state index contributed by atoms with van der Waals surface area (Å²) in [7, 11) is 0. The minimum Gasteiger partial charge on any atom is -0.300 e. The Bertz CT molecular complexity index is 611. The molecule has 2 rings (SSSR count). The Morgan fingerprint density at radius 1 is 1.00 bits per heavy atom. The quantitative estimate of drug-likeness (QED) is 0.835. The van der Waals surface area contributed by atoms with Crippen LogP contribution in [0.3, 0.4) is 0 Å². The highest BCUT2D eigenvalue weighted by atomic mass is 32.2. The van der Waals surface area contributed by atoms with Crippen molar-refractivity contribution in [2.45, 2.75) is 38.5 Å². The van der Waals surface area contributed by atoms with Gasteiger partial charge in [0.15, 0.2) is 0 Å². The van der Waals surface area contributed by atoms with E-state index in [-0.39, 0.29) is 18.1 Å². The Hall–Kier alpha value is -1.81. The van der Waals surface area contributed by atoms with E-state index in [4.69, 9.17) is 0 Å². The summed E-state index contributed by atoms with van der Waals surface area (Å²) in [4.78, 5) is 23.3. The van der Waals surface area contributed by atoms with Gasteiger partial charge in [-0.25, -0.2) is 0 Å². The number of Topliss-reactive ketones (excluding diaryl/α,β-unsaturated/α-hetero) is 1. The van der Waals surface area contributed by atoms with Crippen molar-refractivity contribution >= 4 is 34.4 Å². The predicted molar refractivity (Wildman–Crippen MR) is 89.2 cm³/mol. The number of hydrogen-bond acceptors (Lipinski definition) is 3. The zero-order valence-electron chi connectivity index (χ0n) is 12.7. The molecule has 0 radical (unpaired) electrons. The molecule has 0 fully saturated rings. The highest BCUT2D eigenvalue weighted by molar-refractivity contribution is 7.98. The minimum absolute atomic E-state index is 0.0332. The first kappa shape index (κ1) is 17.2. The molecule has 0 atom stereocenters. The van der Waals surface area contributed by atoms with Crippen LogP contribution >= 0.6 is 11.9 Å². The van der Waals surface area contributed by atoms with Gasteiger partial charge in [0.1, 0.15) is 5.78 Å². The first-order chi connectivity index (χ1) is 10.1. The molecule has 0 aliphatic heterocycles. The van der Waals surface area contributed by atoms with Crippen molar-refractivity contribution in [3.8, 4) is 0 Å². The van der Waals surface area contributed by atoms with Gasteiger partial charge in [0.25, 0.3) is 0 Å². The molecule has 21 heavy (non-hydrogen) atoms. The maximum absolute atomic E-state index is 11.5. The Morgan fingerprint density at radius 3 is 2.33 bits per heavy atom. The molecule has 2 aromatic rings. The molecule has 0 aliphatic carbocycles. The number of fused-ring (bicyclic) bond motifs is 1. The van der Waals surface area contributed by atoms with Gasteiger partial charge < -0.3 is 4.79 Å². The topological polar surface area (TPSA) is 46.2 Å². The number of hydrogen-bond donors (Lipinski definition) is 1. The van der Waals surface area contributed by atoms with Crippen LogP contribution in [0, 0.1) is 0 Å². The van der Waals surface area contributed by atoms with E-state index < -0.39 is 0 Å². The molecular formula is C17H21NO2S. The van der Waals surface area contributed by atoms with Crippen molar-refractivity contribution in [2.75, 3.05) is 0 Å². The highest BCUT2D eigenvalue weighted by Crippen LogP contribution is 2.21. The smallest absolute Gasteiger partial charge is 0.230 e. The molecule has 0 unspecified atom stereocenters. The van der Waals surface area contributed by atoms with E-state index in [2.05, 4.69) is 10.8 Å². The van der Waals surface area contributed by atoms with E-state index in [1.807, 2.05) is 50.2 Å². The van der Waals surface area contributed by atoms with E-state index in [0.717, 1.165) is 10.3 Å². The standard InChI is InChI=1S/C15H15NO2S.C2H6/c1-11(17)6-9-15(18)16-19-14-8-7-12-4-2-3-5-13(12)10-14;1-2/h2-5,7-8,10H,6,9H2,1H3,(H,16,18);1-2H3. The summed E-state index contributed by atoms with van der Waals surface area (Å²) in [6.07, 6.45) is 0.542. The van der Waals surface area contributed by atoms with Crippen LogP contribution in [-0.2, 0) is 9.59 Å². The van der Waals surface area contributed by atoms with E-state index in [0.29, 0.717) is 6.42 Å². The van der Waals surface area contributed by atoms with Crippen molar-refractivity contribution < 1.29 is 9.59 Å². The lowest BCUT2D eigenvalue weighted by Crippen LogP contribution is -2.16. The molecule has 1 N–H and O–H groups in total. The Labute approximate surface area is 130 Å². The zero-order valence-corrected chi connectivity index (χ0v) is 13.5. The fraction of sp³-hybridized carbons (Fsp3) is 0.294. The molecule has 0 saturated carbocycles. The minimum atomic E-state index is -0.117. The second kappa shape index (κ2) is 9.19. The molecule has 112 valence electrons. The van der Waals surface area contributed by atoms with Crippen LogP contribution in [0.1, 0.15) is 33.6 Å². The van der Waals surface area contributed by atoms with Crippen LogP contribution in [0.5, 0.6) is 0 Å². The Balaban J connectivity index is 0.00000106. The average Bonchev–Trinajstić information content (AvgIpc) is 2.52. The second-order valence-electron chi connectivity index (χ2n) is 4.34. The van der Waals surface area contributed by atoms with Crippen molar-refractivity contribution in [1.29, 1.82) is 0 Å². The summed E-state index contributed by atoms with van der Waals surface area (Å²) in [6, 6.07) is 14.1. The Kier molecular flexibility index (Phi) is 7.54. The van der Waals surface area contributed by atoms with Crippen molar-refractivity contribution in [3.63, 3.8) is 0 Å². The van der Waals surface area contributed by atoms with Crippen molar-refractivity contribution in [1.82, 2.24) is 4.72 Å². The molecule has 0 heterocycles. The third-order valence-electron chi connectivity index (χ3n) is 2.71. The first-order valence-electron chi connectivity index (χ1n) is 7.09. The van der Waals surface area contributed by atoms with Crippen molar-refractivity contribution in [2.24, 2.45) is 0 Å². The molecule has 0 saturated heterocycles. The maximum Gasteiger partial charge on any atom is 0.230 e. The molecule has 2 aromatic carbocycles. The van der Waals surface area contributed by atoms with Crippen LogP contribution < -0.4 is 4.72 Å². The lowest BCUT2D eigenvalue weighted by molar-refractivity contribution is -0.123. The summed E-state index contributed by atoms with van der Waals surface area (Å²) < 4.78 is 2.74. The Morgan fingerprint density at radius 2 is 1.67 bits per heavy atom. The first-order valence-corrected chi connectivity index (χ1v) is 7.91. The van der Waals surface area contributed by atoms with Crippen LogP contribution in [-0.4, -0.2) is 11.7 Å². The van der Waals surface area contributed by atoms with Crippen LogP contribution in [0.4, 0.5) is 0 Å². The fourth-order valence-corrected chi connectivity index (χ4v) is 2.34. The monoisotopic (exact) mass is 303 g/mol. The van der Waals surface area contributed by atoms with E-state index >= 15 is 0 Å². The molecule has 1 amide bonds. The van der Waals surface area contributed by atoms with Gasteiger partial charge in [-0.05, 0) is 41.8 Å². The van der Waals surface area contributed by atoms with Crippen molar-refractivity contribution in [3.05, 3.63) is 42.5 Å².